The number of rotatable bonds is 1. The molecule has 1 amide bonds. The number of aryl methyl sites for hydroxylation is 2. The van der Waals surface area contributed by atoms with Crippen LogP contribution in [0.25, 0.3) is 11.3 Å². The summed E-state index contributed by atoms with van der Waals surface area (Å²) in [6.07, 6.45) is 5.38. The molecule has 2 unspecified atom stereocenters. The Bertz CT molecular complexity index is 1600. The molecule has 1 N–H and O–H groups in total. The van der Waals surface area contributed by atoms with Gasteiger partial charge >= 0.3 is 0 Å². The third kappa shape index (κ3) is 4.91. The monoisotopic (exact) mass is 547 g/mol. The molecule has 3 aliphatic rings. The van der Waals surface area contributed by atoms with Gasteiger partial charge in [-0.2, -0.15) is 10.1 Å². The number of ether oxygens (including phenoxy) is 1. The topological polar surface area (TPSA) is 114 Å². The summed E-state index contributed by atoms with van der Waals surface area (Å²) in [5.74, 6) is 1.59. The molecule has 2 aromatic heterocycles. The van der Waals surface area contributed by atoms with Crippen molar-refractivity contribution in [3.8, 4) is 17.1 Å². The van der Waals surface area contributed by atoms with Crippen LogP contribution in [-0.2, 0) is 16.8 Å². The fourth-order valence-corrected chi connectivity index (χ4v) is 7.47. The number of guanidine groups is 1. The van der Waals surface area contributed by atoms with Gasteiger partial charge in [0.15, 0.2) is 0 Å². The van der Waals surface area contributed by atoms with Crippen molar-refractivity contribution in [1.82, 2.24) is 14.8 Å². The molecule has 3 aliphatic heterocycles. The van der Waals surface area contributed by atoms with E-state index in [1.807, 2.05) is 37.1 Å². The van der Waals surface area contributed by atoms with Gasteiger partial charge in [0.2, 0.25) is 11.8 Å². The second-order valence-corrected chi connectivity index (χ2v) is 12.9. The highest BCUT2D eigenvalue weighted by molar-refractivity contribution is 7.93. The molecule has 3 aromatic rings. The first-order valence-corrected chi connectivity index (χ1v) is 15.2. The van der Waals surface area contributed by atoms with Crippen LogP contribution in [-0.4, -0.2) is 56.3 Å². The van der Waals surface area contributed by atoms with E-state index in [0.717, 1.165) is 47.5 Å². The fraction of sp³-hybridized carbons (Fsp3) is 0.429. The van der Waals surface area contributed by atoms with E-state index in [2.05, 4.69) is 31.7 Å². The van der Waals surface area contributed by atoms with E-state index in [9.17, 15) is 9.00 Å². The van der Waals surface area contributed by atoms with Crippen molar-refractivity contribution in [2.24, 2.45) is 22.3 Å². The molecular formula is C28H33N7O3S. The molecule has 0 radical (unpaired) electrons. The van der Waals surface area contributed by atoms with Crippen molar-refractivity contribution in [2.45, 2.75) is 44.4 Å². The number of pyridine rings is 1. The average Bonchev–Trinajstić information content (AvgIpc) is 3.45. The second kappa shape index (κ2) is 10.1. The summed E-state index contributed by atoms with van der Waals surface area (Å²) in [5.41, 5.74) is 4.22. The number of nitrogens with one attached hydrogen (secondary N) is 1. The molecule has 0 saturated carbocycles. The highest BCUT2D eigenvalue weighted by atomic mass is 32.2. The van der Waals surface area contributed by atoms with E-state index in [1.54, 1.807) is 23.0 Å². The van der Waals surface area contributed by atoms with Crippen molar-refractivity contribution in [1.29, 1.82) is 0 Å². The average molecular weight is 548 g/mol. The Kier molecular flexibility index (Phi) is 6.62. The number of amides is 1. The van der Waals surface area contributed by atoms with Gasteiger partial charge in [0.1, 0.15) is 0 Å². The van der Waals surface area contributed by atoms with Crippen LogP contribution in [0.3, 0.4) is 0 Å². The van der Waals surface area contributed by atoms with E-state index >= 15 is 0 Å². The number of carbonyl (C=O) groups excluding carboxylic acids is 1. The Balaban J connectivity index is 1.43. The lowest BCUT2D eigenvalue weighted by Gasteiger charge is -2.24. The van der Waals surface area contributed by atoms with E-state index in [0.29, 0.717) is 54.2 Å². The van der Waals surface area contributed by atoms with Gasteiger partial charge in [-0.15, -0.1) is 0 Å². The number of hydrogen-bond donors (Lipinski definition) is 1. The molecule has 0 spiro atoms. The first kappa shape index (κ1) is 25.5. The van der Waals surface area contributed by atoms with Crippen LogP contribution in [0.4, 0.5) is 11.4 Å². The predicted octanol–water partition coefficient (Wildman–Crippen LogP) is 4.65. The Hall–Kier alpha value is -3.73. The second-order valence-electron chi connectivity index (χ2n) is 10.5. The molecule has 0 fully saturated rings. The zero-order valence-corrected chi connectivity index (χ0v) is 23.3. The van der Waals surface area contributed by atoms with Gasteiger partial charge in [-0.05, 0) is 68.9 Å². The molecule has 39 heavy (non-hydrogen) atoms. The Morgan fingerprint density at radius 3 is 2.85 bits per heavy atom. The number of carbonyl (C=O) groups is 1. The van der Waals surface area contributed by atoms with Crippen molar-refractivity contribution in [3.05, 3.63) is 47.8 Å². The molecule has 204 valence electrons. The molecule has 5 heterocycles. The SMILES string of the molecule is Cc1cc2cc(n1)-c1cnn(C)c1OCCCC(C)CN1/C(=N/C2=O)Nc2ccc(S3(=O)=NCCCC3)cc21. The first-order chi connectivity index (χ1) is 18.8. The number of fused-ring (bicyclic) bond motifs is 7. The molecule has 2 bridgehead atoms. The lowest BCUT2D eigenvalue weighted by Crippen LogP contribution is -2.35. The minimum absolute atomic E-state index is 0.277. The number of hydrogen-bond acceptors (Lipinski definition) is 8. The number of nitrogens with zero attached hydrogens (tertiary/aromatic N) is 6. The fourth-order valence-electron chi connectivity index (χ4n) is 5.36. The molecule has 2 atom stereocenters. The van der Waals surface area contributed by atoms with Gasteiger partial charge in [-0.25, -0.2) is 13.3 Å². The molecule has 0 saturated heterocycles. The van der Waals surface area contributed by atoms with Gasteiger partial charge < -0.3 is 15.0 Å². The zero-order chi connectivity index (χ0) is 27.1. The van der Waals surface area contributed by atoms with Crippen molar-refractivity contribution < 1.29 is 13.7 Å². The minimum atomic E-state index is -2.44. The molecule has 1 aromatic carbocycles. The van der Waals surface area contributed by atoms with Crippen LogP contribution in [0.15, 0.2) is 50.8 Å². The summed E-state index contributed by atoms with van der Waals surface area (Å²) in [6, 6.07) is 9.27. The number of anilines is 2. The van der Waals surface area contributed by atoms with Crippen LogP contribution < -0.4 is 15.0 Å². The van der Waals surface area contributed by atoms with Gasteiger partial charge in [0.25, 0.3) is 5.91 Å². The summed E-state index contributed by atoms with van der Waals surface area (Å²) in [6.45, 7) is 5.85. The van der Waals surface area contributed by atoms with Gasteiger partial charge in [-0.1, -0.05) is 6.92 Å². The number of aliphatic imine (C=N–C) groups is 1. The van der Waals surface area contributed by atoms with Crippen LogP contribution in [0.5, 0.6) is 5.88 Å². The third-order valence-corrected chi connectivity index (χ3v) is 9.83. The molecular weight excluding hydrogens is 514 g/mol. The summed E-state index contributed by atoms with van der Waals surface area (Å²) in [7, 11) is -0.600. The van der Waals surface area contributed by atoms with Crippen LogP contribution in [0.1, 0.15) is 48.7 Å². The summed E-state index contributed by atoms with van der Waals surface area (Å²) < 4.78 is 26.0. The van der Waals surface area contributed by atoms with E-state index in [1.165, 1.54) is 0 Å². The summed E-state index contributed by atoms with van der Waals surface area (Å²) in [5, 5.41) is 7.71. The minimum Gasteiger partial charge on any atom is -0.477 e. The maximum Gasteiger partial charge on any atom is 0.280 e. The first-order valence-electron chi connectivity index (χ1n) is 13.5. The summed E-state index contributed by atoms with van der Waals surface area (Å²) in [4.78, 5) is 25.5. The van der Waals surface area contributed by atoms with Crippen LogP contribution in [0.2, 0.25) is 0 Å². The zero-order valence-electron chi connectivity index (χ0n) is 22.5. The number of benzene rings is 1. The Labute approximate surface area is 228 Å². The van der Waals surface area contributed by atoms with Crippen molar-refractivity contribution in [2.75, 3.05) is 35.7 Å². The standard InChI is InChI=1S/C28H33N7O3S/c1-18-7-6-11-38-27-22(16-29-34(27)3)24-14-20(13-19(2)31-24)26(36)33-28-32-23-9-8-21(15-25(23)35(28)17-18)39(37)12-5-4-10-30-39/h8-9,13-16,18H,4-7,10-12,17H2,1-3H3,(H,32,33,36). The maximum absolute atomic E-state index is 13.6. The van der Waals surface area contributed by atoms with Crippen molar-refractivity contribution >= 4 is 33.0 Å². The largest absolute Gasteiger partial charge is 0.477 e. The Morgan fingerprint density at radius 1 is 1.15 bits per heavy atom. The van der Waals surface area contributed by atoms with E-state index in [-0.39, 0.29) is 11.8 Å². The van der Waals surface area contributed by atoms with Crippen LogP contribution in [0, 0.1) is 12.8 Å². The molecule has 6 rings (SSSR count). The maximum atomic E-state index is 13.6. The Morgan fingerprint density at radius 2 is 2.03 bits per heavy atom. The normalized spacial score (nSPS) is 24.5. The third-order valence-electron chi connectivity index (χ3n) is 7.40. The highest BCUT2D eigenvalue weighted by Gasteiger charge is 2.30. The predicted molar refractivity (Wildman–Crippen MR) is 152 cm³/mol. The lowest BCUT2D eigenvalue weighted by atomic mass is 10.1. The number of aromatic nitrogens is 3. The summed E-state index contributed by atoms with van der Waals surface area (Å²) >= 11 is 0. The van der Waals surface area contributed by atoms with Gasteiger partial charge in [0, 0.05) is 42.0 Å². The highest BCUT2D eigenvalue weighted by Crippen LogP contribution is 2.37. The quantitative estimate of drug-likeness (QED) is 0.472. The van der Waals surface area contributed by atoms with Gasteiger partial charge in [-0.3, -0.25) is 9.78 Å². The van der Waals surface area contributed by atoms with E-state index < -0.39 is 9.73 Å². The lowest BCUT2D eigenvalue weighted by molar-refractivity contribution is 0.100. The molecule has 10 nitrogen and oxygen atoms in total. The van der Waals surface area contributed by atoms with E-state index in [4.69, 9.17) is 4.74 Å². The smallest absolute Gasteiger partial charge is 0.280 e. The molecule has 11 heteroatoms. The molecule has 0 aliphatic carbocycles. The van der Waals surface area contributed by atoms with Gasteiger partial charge in [0.05, 0.1) is 45.2 Å². The van der Waals surface area contributed by atoms with Crippen LogP contribution >= 0.6 is 0 Å². The van der Waals surface area contributed by atoms with Crippen molar-refractivity contribution in [3.63, 3.8) is 0 Å².